The maximum absolute atomic E-state index is 11.5. The standard InChI is InChI=1S/C9H13N3O4.K/c1-15-7-5(13)4-16-8(7)12-3-2-6(10)11-9(12)14;/h2-3,5,7-8,13H,4H2,1H3,(H2,10,11,14);/t5-,7+,8+;/m0./s1. The Morgan fingerprint density at radius 2 is 2.41 bits per heavy atom. The summed E-state index contributed by atoms with van der Waals surface area (Å²) >= 11 is 0. The first-order chi connectivity index (χ1) is 7.63. The number of nitrogen functional groups attached to an aromatic ring is 1. The summed E-state index contributed by atoms with van der Waals surface area (Å²) in [6, 6.07) is 1.49. The molecule has 3 atom stereocenters. The van der Waals surface area contributed by atoms with Crippen LogP contribution in [0.25, 0.3) is 0 Å². The third-order valence-corrected chi connectivity index (χ3v) is 2.50. The number of methoxy groups -OCH3 is 1. The van der Waals surface area contributed by atoms with Crippen molar-refractivity contribution in [1.82, 2.24) is 9.55 Å². The van der Waals surface area contributed by atoms with Crippen molar-refractivity contribution >= 4 is 57.2 Å². The number of hydrogen-bond acceptors (Lipinski definition) is 6. The van der Waals surface area contributed by atoms with Gasteiger partial charge in [-0.2, -0.15) is 4.98 Å². The molecule has 0 spiro atoms. The van der Waals surface area contributed by atoms with Gasteiger partial charge in [-0.05, 0) is 6.07 Å². The van der Waals surface area contributed by atoms with Gasteiger partial charge in [-0.25, -0.2) is 4.79 Å². The molecule has 89 valence electrons. The van der Waals surface area contributed by atoms with Gasteiger partial charge in [0, 0.05) is 64.7 Å². The van der Waals surface area contributed by atoms with Gasteiger partial charge < -0.3 is 20.3 Å². The molecule has 0 unspecified atom stereocenters. The fourth-order valence-corrected chi connectivity index (χ4v) is 1.71. The maximum atomic E-state index is 11.5. The van der Waals surface area contributed by atoms with Crippen LogP contribution in [0.3, 0.4) is 0 Å². The number of nitrogens with two attached hydrogens (primary N) is 1. The molecule has 2 rings (SSSR count). The van der Waals surface area contributed by atoms with Crippen molar-refractivity contribution in [1.29, 1.82) is 0 Å². The predicted molar refractivity (Wildman–Crippen MR) is 60.5 cm³/mol. The van der Waals surface area contributed by atoms with Crippen molar-refractivity contribution in [2.24, 2.45) is 0 Å². The van der Waals surface area contributed by atoms with Gasteiger partial charge in [0.25, 0.3) is 0 Å². The molecule has 0 aromatic carbocycles. The fourth-order valence-electron chi connectivity index (χ4n) is 1.71. The summed E-state index contributed by atoms with van der Waals surface area (Å²) < 4.78 is 11.6. The summed E-state index contributed by atoms with van der Waals surface area (Å²) in [6.07, 6.45) is -0.525. The van der Waals surface area contributed by atoms with Gasteiger partial charge in [0.1, 0.15) is 18.0 Å². The average Bonchev–Trinajstić information content (AvgIpc) is 2.59. The minimum absolute atomic E-state index is 0. The van der Waals surface area contributed by atoms with E-state index in [1.807, 2.05) is 0 Å². The van der Waals surface area contributed by atoms with Crippen LogP contribution >= 0.6 is 0 Å². The van der Waals surface area contributed by atoms with E-state index in [9.17, 15) is 9.90 Å². The van der Waals surface area contributed by atoms with Gasteiger partial charge >= 0.3 is 5.69 Å². The number of rotatable bonds is 2. The van der Waals surface area contributed by atoms with Crippen LogP contribution in [-0.2, 0) is 9.47 Å². The van der Waals surface area contributed by atoms with E-state index in [1.54, 1.807) is 0 Å². The molecule has 2 heterocycles. The van der Waals surface area contributed by atoms with Crippen molar-refractivity contribution in [2.75, 3.05) is 19.5 Å². The van der Waals surface area contributed by atoms with Crippen LogP contribution in [0.4, 0.5) is 5.82 Å². The summed E-state index contributed by atoms with van der Waals surface area (Å²) in [5.41, 5.74) is 4.85. The van der Waals surface area contributed by atoms with Crippen molar-refractivity contribution in [3.8, 4) is 0 Å². The zero-order valence-electron chi connectivity index (χ0n) is 9.74. The third kappa shape index (κ3) is 3.15. The molecule has 1 aliphatic heterocycles. The SMILES string of the molecule is CO[C@H]1[C@H](n2ccc(N)nc2=O)OC[C@@H]1O.[K]. The second-order valence-corrected chi connectivity index (χ2v) is 3.53. The topological polar surface area (TPSA) is 99.6 Å². The Kier molecular flexibility index (Phi) is 5.73. The second-order valence-electron chi connectivity index (χ2n) is 3.53. The summed E-state index contributed by atoms with van der Waals surface area (Å²) in [5, 5.41) is 9.56. The van der Waals surface area contributed by atoms with Crippen LogP contribution in [0.5, 0.6) is 0 Å². The number of nitrogens with zero attached hydrogens (tertiary/aromatic N) is 2. The molecule has 7 nitrogen and oxygen atoms in total. The summed E-state index contributed by atoms with van der Waals surface area (Å²) in [7, 11) is 1.45. The van der Waals surface area contributed by atoms with E-state index in [4.69, 9.17) is 15.2 Å². The monoisotopic (exact) mass is 266 g/mol. The predicted octanol–water partition coefficient (Wildman–Crippen LogP) is -1.65. The molecule has 0 saturated carbocycles. The number of hydrogen-bond donors (Lipinski definition) is 2. The summed E-state index contributed by atoms with van der Waals surface area (Å²) in [6.45, 7) is 0.125. The second kappa shape index (κ2) is 6.39. The van der Waals surface area contributed by atoms with E-state index >= 15 is 0 Å². The van der Waals surface area contributed by atoms with E-state index in [0.29, 0.717) is 0 Å². The van der Waals surface area contributed by atoms with E-state index in [2.05, 4.69) is 4.98 Å². The number of aliphatic hydroxyl groups is 1. The normalized spacial score (nSPS) is 27.8. The van der Waals surface area contributed by atoms with Crippen LogP contribution in [0.2, 0.25) is 0 Å². The van der Waals surface area contributed by atoms with Crippen molar-refractivity contribution in [2.45, 2.75) is 18.4 Å². The number of ether oxygens (including phenoxy) is 2. The van der Waals surface area contributed by atoms with Crippen LogP contribution in [0, 0.1) is 0 Å². The van der Waals surface area contributed by atoms with E-state index < -0.39 is 24.1 Å². The molecule has 1 aliphatic rings. The molecule has 1 aromatic heterocycles. The fraction of sp³-hybridized carbons (Fsp3) is 0.556. The summed E-state index contributed by atoms with van der Waals surface area (Å²) in [5.74, 6) is 0.147. The molecule has 8 heteroatoms. The first kappa shape index (κ1) is 15.3. The molecule has 0 aliphatic carbocycles. The first-order valence-electron chi connectivity index (χ1n) is 4.80. The quantitative estimate of drug-likeness (QED) is 0.622. The Morgan fingerprint density at radius 3 is 3.00 bits per heavy atom. The Morgan fingerprint density at radius 1 is 1.71 bits per heavy atom. The van der Waals surface area contributed by atoms with Gasteiger partial charge in [0.15, 0.2) is 6.23 Å². The molecule has 1 aromatic rings. The first-order valence-corrected chi connectivity index (χ1v) is 4.80. The van der Waals surface area contributed by atoms with E-state index in [-0.39, 0.29) is 63.8 Å². The minimum Gasteiger partial charge on any atom is -0.388 e. The minimum atomic E-state index is -0.751. The number of anilines is 1. The molecule has 1 saturated heterocycles. The zero-order valence-corrected chi connectivity index (χ0v) is 12.9. The molecular formula is C9H13KN3O4. The number of aromatic nitrogens is 2. The summed E-state index contributed by atoms with van der Waals surface area (Å²) in [4.78, 5) is 15.1. The number of aliphatic hydroxyl groups excluding tert-OH is 1. The van der Waals surface area contributed by atoms with Crippen molar-refractivity contribution < 1.29 is 14.6 Å². The molecule has 0 bridgehead atoms. The van der Waals surface area contributed by atoms with Crippen LogP contribution < -0.4 is 11.4 Å². The largest absolute Gasteiger partial charge is 0.388 e. The van der Waals surface area contributed by atoms with Gasteiger partial charge in [-0.1, -0.05) is 0 Å². The Bertz CT molecular complexity index is 438. The molecule has 1 radical (unpaired) electrons. The Hall–Kier alpha value is 0.196. The smallest absolute Gasteiger partial charge is 0.351 e. The van der Waals surface area contributed by atoms with Gasteiger partial charge in [0.05, 0.1) is 6.61 Å². The Balaban J connectivity index is 0.00000144. The molecular weight excluding hydrogens is 253 g/mol. The zero-order chi connectivity index (χ0) is 11.7. The third-order valence-electron chi connectivity index (χ3n) is 2.50. The van der Waals surface area contributed by atoms with Crippen LogP contribution in [-0.4, -0.2) is 92.0 Å². The van der Waals surface area contributed by atoms with E-state index in [0.717, 1.165) is 0 Å². The van der Waals surface area contributed by atoms with Gasteiger partial charge in [0.2, 0.25) is 0 Å². The van der Waals surface area contributed by atoms with Gasteiger partial charge in [-0.15, -0.1) is 0 Å². The van der Waals surface area contributed by atoms with Gasteiger partial charge in [-0.3, -0.25) is 4.57 Å². The van der Waals surface area contributed by atoms with Crippen LogP contribution in [0.15, 0.2) is 17.1 Å². The maximum Gasteiger partial charge on any atom is 0.351 e. The van der Waals surface area contributed by atoms with Crippen molar-refractivity contribution in [3.63, 3.8) is 0 Å². The molecule has 1 fully saturated rings. The molecule has 17 heavy (non-hydrogen) atoms. The van der Waals surface area contributed by atoms with Crippen LogP contribution in [0.1, 0.15) is 6.23 Å². The Labute approximate surface area is 140 Å². The van der Waals surface area contributed by atoms with E-state index in [1.165, 1.54) is 23.9 Å². The molecule has 3 N–H and O–H groups in total. The average molecular weight is 266 g/mol. The molecule has 0 amide bonds. The van der Waals surface area contributed by atoms with Crippen molar-refractivity contribution in [3.05, 3.63) is 22.7 Å².